The minimum absolute atomic E-state index is 0. The van der Waals surface area contributed by atoms with E-state index in [0.717, 1.165) is 57.5 Å². The standard InChI is InChI=1S/C21H35N5O2.HI/c1-3-22-21(26-11-7-19(16-26)17-28-13-12-27-2)24-15-18-6-8-23-20(14-18)25-9-4-5-10-25;/h6,8,14,19H,3-5,7,9-13,15-17H2,1-2H3,(H,22,24);1H. The molecule has 0 bridgehead atoms. The first-order valence-electron chi connectivity index (χ1n) is 10.6. The second-order valence-electron chi connectivity index (χ2n) is 7.56. The summed E-state index contributed by atoms with van der Waals surface area (Å²) in [5.74, 6) is 2.65. The van der Waals surface area contributed by atoms with Gasteiger partial charge in [0.15, 0.2) is 5.96 Å². The molecule has 2 fully saturated rings. The molecule has 0 saturated carbocycles. The van der Waals surface area contributed by atoms with Crippen molar-refractivity contribution in [2.75, 3.05) is 64.6 Å². The van der Waals surface area contributed by atoms with Crippen LogP contribution in [-0.4, -0.2) is 75.5 Å². The normalized spacial score (nSPS) is 19.5. The molecule has 2 saturated heterocycles. The Hall–Kier alpha value is -1.13. The van der Waals surface area contributed by atoms with Gasteiger partial charge in [0.25, 0.3) is 0 Å². The van der Waals surface area contributed by atoms with Gasteiger partial charge in [0, 0.05) is 51.9 Å². The number of ether oxygens (including phenoxy) is 2. The highest BCUT2D eigenvalue weighted by molar-refractivity contribution is 14.0. The van der Waals surface area contributed by atoms with E-state index in [1.54, 1.807) is 7.11 Å². The van der Waals surface area contributed by atoms with Crippen molar-refractivity contribution >= 4 is 35.8 Å². The quantitative estimate of drug-likeness (QED) is 0.235. The molecule has 0 aromatic carbocycles. The minimum atomic E-state index is 0. The summed E-state index contributed by atoms with van der Waals surface area (Å²) in [5, 5.41) is 3.45. The highest BCUT2D eigenvalue weighted by Crippen LogP contribution is 2.20. The van der Waals surface area contributed by atoms with E-state index in [1.807, 2.05) is 6.20 Å². The topological polar surface area (TPSA) is 62.2 Å². The van der Waals surface area contributed by atoms with Crippen molar-refractivity contribution in [1.82, 2.24) is 15.2 Å². The molecule has 7 nitrogen and oxygen atoms in total. The number of nitrogens with one attached hydrogen (secondary N) is 1. The number of methoxy groups -OCH3 is 1. The molecule has 29 heavy (non-hydrogen) atoms. The third-order valence-electron chi connectivity index (χ3n) is 5.36. The van der Waals surface area contributed by atoms with Crippen LogP contribution >= 0.6 is 24.0 Å². The Morgan fingerprint density at radius 1 is 1.28 bits per heavy atom. The highest BCUT2D eigenvalue weighted by atomic mass is 127. The van der Waals surface area contributed by atoms with Crippen molar-refractivity contribution in [3.63, 3.8) is 0 Å². The van der Waals surface area contributed by atoms with Crippen molar-refractivity contribution in [2.45, 2.75) is 32.7 Å². The van der Waals surface area contributed by atoms with Crippen LogP contribution in [0.15, 0.2) is 23.3 Å². The van der Waals surface area contributed by atoms with Crippen molar-refractivity contribution in [1.29, 1.82) is 0 Å². The Balaban J connectivity index is 0.00000300. The summed E-state index contributed by atoms with van der Waals surface area (Å²) < 4.78 is 10.8. The maximum Gasteiger partial charge on any atom is 0.194 e. The Morgan fingerprint density at radius 3 is 2.86 bits per heavy atom. The SMILES string of the molecule is CCNC(=NCc1ccnc(N2CCCC2)c1)N1CCC(COCCOC)C1.I. The van der Waals surface area contributed by atoms with Crippen molar-refractivity contribution in [3.05, 3.63) is 23.9 Å². The number of hydrogen-bond acceptors (Lipinski definition) is 5. The van der Waals surface area contributed by atoms with Gasteiger partial charge in [-0.25, -0.2) is 9.98 Å². The third kappa shape index (κ3) is 7.57. The van der Waals surface area contributed by atoms with Gasteiger partial charge in [-0.3, -0.25) is 0 Å². The largest absolute Gasteiger partial charge is 0.382 e. The van der Waals surface area contributed by atoms with Gasteiger partial charge < -0.3 is 24.6 Å². The van der Waals surface area contributed by atoms with E-state index in [9.17, 15) is 0 Å². The molecule has 0 amide bonds. The predicted molar refractivity (Wildman–Crippen MR) is 128 cm³/mol. The van der Waals surface area contributed by atoms with Crippen LogP contribution < -0.4 is 10.2 Å². The summed E-state index contributed by atoms with van der Waals surface area (Å²) >= 11 is 0. The molecule has 3 rings (SSSR count). The molecule has 1 N–H and O–H groups in total. The summed E-state index contributed by atoms with van der Waals surface area (Å²) in [6.45, 7) is 10.0. The van der Waals surface area contributed by atoms with Gasteiger partial charge in [0.1, 0.15) is 5.82 Å². The first-order chi connectivity index (χ1) is 13.8. The number of nitrogens with zero attached hydrogens (tertiary/aromatic N) is 4. The molecule has 0 aliphatic carbocycles. The van der Waals surface area contributed by atoms with Crippen molar-refractivity contribution in [3.8, 4) is 0 Å². The van der Waals surface area contributed by atoms with E-state index >= 15 is 0 Å². The maximum absolute atomic E-state index is 5.71. The Labute approximate surface area is 192 Å². The number of pyridine rings is 1. The summed E-state index contributed by atoms with van der Waals surface area (Å²) in [5.41, 5.74) is 1.21. The van der Waals surface area contributed by atoms with Gasteiger partial charge in [0.05, 0.1) is 26.4 Å². The monoisotopic (exact) mass is 517 g/mol. The lowest BCUT2D eigenvalue weighted by Crippen LogP contribution is -2.40. The molecule has 0 spiro atoms. The molecule has 8 heteroatoms. The molecule has 2 aliphatic heterocycles. The number of anilines is 1. The zero-order chi connectivity index (χ0) is 19.6. The predicted octanol–water partition coefficient (Wildman–Crippen LogP) is 2.75. The molecule has 1 atom stereocenters. The maximum atomic E-state index is 5.71. The number of hydrogen-bond donors (Lipinski definition) is 1. The lowest BCUT2D eigenvalue weighted by molar-refractivity contribution is 0.0536. The van der Waals surface area contributed by atoms with Gasteiger partial charge in [-0.2, -0.15) is 0 Å². The molecule has 1 aromatic heterocycles. The number of rotatable bonds is 9. The number of likely N-dealkylation sites (tertiary alicyclic amines) is 1. The molecule has 164 valence electrons. The zero-order valence-electron chi connectivity index (χ0n) is 17.8. The second-order valence-corrected chi connectivity index (χ2v) is 7.56. The van der Waals surface area contributed by atoms with E-state index in [4.69, 9.17) is 14.5 Å². The summed E-state index contributed by atoms with van der Waals surface area (Å²) in [4.78, 5) is 14.2. The van der Waals surface area contributed by atoms with Crippen LogP contribution in [-0.2, 0) is 16.0 Å². The van der Waals surface area contributed by atoms with Gasteiger partial charge in [0.2, 0.25) is 0 Å². The summed E-state index contributed by atoms with van der Waals surface area (Å²) in [6.07, 6.45) is 5.58. The summed E-state index contributed by atoms with van der Waals surface area (Å²) in [6, 6.07) is 4.26. The number of guanidine groups is 1. The molecular weight excluding hydrogens is 481 g/mol. The van der Waals surface area contributed by atoms with Gasteiger partial charge in [-0.05, 0) is 43.9 Å². The highest BCUT2D eigenvalue weighted by Gasteiger charge is 2.25. The third-order valence-corrected chi connectivity index (χ3v) is 5.36. The molecule has 3 heterocycles. The number of aliphatic imine (C=N–C) groups is 1. The molecule has 0 radical (unpaired) electrons. The fourth-order valence-corrected chi connectivity index (χ4v) is 3.82. The van der Waals surface area contributed by atoms with Crippen LogP contribution in [0, 0.1) is 5.92 Å². The molecule has 2 aliphatic rings. The average Bonchev–Trinajstić information content (AvgIpc) is 3.41. The Morgan fingerprint density at radius 2 is 2.10 bits per heavy atom. The first kappa shape index (κ1) is 24.1. The smallest absolute Gasteiger partial charge is 0.194 e. The van der Waals surface area contributed by atoms with Gasteiger partial charge in [-0.1, -0.05) is 0 Å². The van der Waals surface area contributed by atoms with Crippen molar-refractivity contribution in [2.24, 2.45) is 10.9 Å². The van der Waals surface area contributed by atoms with Gasteiger partial charge in [-0.15, -0.1) is 24.0 Å². The van der Waals surface area contributed by atoms with Crippen LogP contribution in [0.2, 0.25) is 0 Å². The first-order valence-corrected chi connectivity index (χ1v) is 10.6. The van der Waals surface area contributed by atoms with E-state index in [1.165, 1.54) is 18.4 Å². The van der Waals surface area contributed by atoms with Crippen LogP contribution in [0.5, 0.6) is 0 Å². The number of aromatic nitrogens is 1. The zero-order valence-corrected chi connectivity index (χ0v) is 20.1. The second kappa shape index (κ2) is 13.2. The Kier molecular flexibility index (Phi) is 11.0. The molecule has 1 aromatic rings. The van der Waals surface area contributed by atoms with Crippen LogP contribution in [0.3, 0.4) is 0 Å². The summed E-state index contributed by atoms with van der Waals surface area (Å²) in [7, 11) is 1.71. The van der Waals surface area contributed by atoms with Crippen LogP contribution in [0.1, 0.15) is 31.7 Å². The fraction of sp³-hybridized carbons (Fsp3) is 0.714. The van der Waals surface area contributed by atoms with E-state index in [-0.39, 0.29) is 24.0 Å². The van der Waals surface area contributed by atoms with E-state index in [2.05, 4.69) is 39.2 Å². The molecule has 1 unspecified atom stereocenters. The average molecular weight is 517 g/mol. The Bertz CT molecular complexity index is 625. The van der Waals surface area contributed by atoms with Gasteiger partial charge >= 0.3 is 0 Å². The minimum Gasteiger partial charge on any atom is -0.382 e. The fourth-order valence-electron chi connectivity index (χ4n) is 3.82. The molecular formula is C21H36IN5O2. The van der Waals surface area contributed by atoms with Crippen LogP contribution in [0.4, 0.5) is 5.82 Å². The lowest BCUT2D eigenvalue weighted by atomic mass is 10.1. The lowest BCUT2D eigenvalue weighted by Gasteiger charge is -2.22. The van der Waals surface area contributed by atoms with E-state index < -0.39 is 0 Å². The van der Waals surface area contributed by atoms with Crippen molar-refractivity contribution < 1.29 is 9.47 Å². The van der Waals surface area contributed by atoms with E-state index in [0.29, 0.717) is 25.7 Å². The van der Waals surface area contributed by atoms with Crippen LogP contribution in [0.25, 0.3) is 0 Å². The number of halogens is 1.